The van der Waals surface area contributed by atoms with Crippen LogP contribution in [0.2, 0.25) is 0 Å². The fourth-order valence-electron chi connectivity index (χ4n) is 2.01. The first-order valence-corrected chi connectivity index (χ1v) is 6.23. The standard InChI is InChI=1S/C16H15N3O/c1-11-6-12(2)8-15(7-11)19-16(20)18-14-5-3-4-13(9-14)10-17/h3-9H,1-2H3,(H2,18,19,20). The molecule has 0 unspecified atom stereocenters. The molecule has 2 aromatic carbocycles. The molecule has 0 heterocycles. The molecule has 0 aromatic heterocycles. The number of anilines is 2. The molecule has 0 aliphatic carbocycles. The van der Waals surface area contributed by atoms with Crippen molar-refractivity contribution in [2.45, 2.75) is 13.8 Å². The van der Waals surface area contributed by atoms with Crippen molar-refractivity contribution in [3.63, 3.8) is 0 Å². The van der Waals surface area contributed by atoms with Gasteiger partial charge in [0.05, 0.1) is 11.6 Å². The van der Waals surface area contributed by atoms with Crippen molar-refractivity contribution >= 4 is 17.4 Å². The molecule has 20 heavy (non-hydrogen) atoms. The number of nitrogens with one attached hydrogen (secondary N) is 2. The predicted octanol–water partition coefficient (Wildman–Crippen LogP) is 3.82. The van der Waals surface area contributed by atoms with Crippen molar-refractivity contribution in [1.82, 2.24) is 0 Å². The first-order chi connectivity index (χ1) is 9.56. The molecule has 100 valence electrons. The lowest BCUT2D eigenvalue weighted by Crippen LogP contribution is -2.19. The number of aryl methyl sites for hydroxylation is 2. The van der Waals surface area contributed by atoms with Gasteiger partial charge in [0.25, 0.3) is 0 Å². The summed E-state index contributed by atoms with van der Waals surface area (Å²) in [5.74, 6) is 0. The van der Waals surface area contributed by atoms with Gasteiger partial charge in [0.15, 0.2) is 0 Å². The van der Waals surface area contributed by atoms with Crippen LogP contribution < -0.4 is 10.6 Å². The fraction of sp³-hybridized carbons (Fsp3) is 0.125. The largest absolute Gasteiger partial charge is 0.323 e. The normalized spacial score (nSPS) is 9.65. The van der Waals surface area contributed by atoms with Crippen LogP contribution in [0.25, 0.3) is 0 Å². The Kier molecular flexibility index (Phi) is 4.02. The molecule has 4 heteroatoms. The van der Waals surface area contributed by atoms with Crippen LogP contribution in [-0.4, -0.2) is 6.03 Å². The minimum absolute atomic E-state index is 0.329. The van der Waals surface area contributed by atoms with Crippen molar-refractivity contribution in [3.8, 4) is 6.07 Å². The molecule has 2 rings (SSSR count). The Labute approximate surface area is 118 Å². The van der Waals surface area contributed by atoms with Gasteiger partial charge in [0, 0.05) is 11.4 Å². The number of carbonyl (C=O) groups is 1. The Hall–Kier alpha value is -2.80. The lowest BCUT2D eigenvalue weighted by molar-refractivity contribution is 0.262. The summed E-state index contributed by atoms with van der Waals surface area (Å²) >= 11 is 0. The van der Waals surface area contributed by atoms with Gasteiger partial charge in [-0.15, -0.1) is 0 Å². The summed E-state index contributed by atoms with van der Waals surface area (Å²) in [7, 11) is 0. The number of amides is 2. The number of rotatable bonds is 2. The van der Waals surface area contributed by atoms with Gasteiger partial charge in [-0.1, -0.05) is 12.1 Å². The van der Waals surface area contributed by atoms with E-state index in [1.54, 1.807) is 24.3 Å². The van der Waals surface area contributed by atoms with Crippen LogP contribution in [0.3, 0.4) is 0 Å². The molecule has 0 aliphatic heterocycles. The molecule has 0 saturated heterocycles. The summed E-state index contributed by atoms with van der Waals surface area (Å²) in [6.45, 7) is 3.96. The Bertz CT molecular complexity index is 666. The smallest absolute Gasteiger partial charge is 0.308 e. The lowest BCUT2D eigenvalue weighted by atomic mass is 10.1. The Morgan fingerprint density at radius 1 is 1.00 bits per heavy atom. The quantitative estimate of drug-likeness (QED) is 0.866. The highest BCUT2D eigenvalue weighted by atomic mass is 16.2. The van der Waals surface area contributed by atoms with Gasteiger partial charge in [0.1, 0.15) is 0 Å². The summed E-state index contributed by atoms with van der Waals surface area (Å²) in [6, 6.07) is 14.3. The summed E-state index contributed by atoms with van der Waals surface area (Å²) in [5.41, 5.74) is 4.02. The average molecular weight is 265 g/mol. The van der Waals surface area contributed by atoms with Crippen molar-refractivity contribution in [3.05, 3.63) is 59.2 Å². The van der Waals surface area contributed by atoms with E-state index in [4.69, 9.17) is 5.26 Å². The van der Waals surface area contributed by atoms with E-state index in [2.05, 4.69) is 10.6 Å². The van der Waals surface area contributed by atoms with Crippen LogP contribution in [0, 0.1) is 25.2 Å². The molecule has 2 aromatic rings. The van der Waals surface area contributed by atoms with E-state index in [0.29, 0.717) is 11.3 Å². The number of benzene rings is 2. The highest BCUT2D eigenvalue weighted by molar-refractivity contribution is 5.99. The number of urea groups is 1. The maximum absolute atomic E-state index is 11.9. The van der Waals surface area contributed by atoms with Crippen LogP contribution in [0.1, 0.15) is 16.7 Å². The molecular formula is C16H15N3O. The van der Waals surface area contributed by atoms with E-state index in [1.807, 2.05) is 38.1 Å². The fourth-order valence-corrected chi connectivity index (χ4v) is 2.01. The molecule has 0 radical (unpaired) electrons. The molecule has 4 nitrogen and oxygen atoms in total. The first-order valence-electron chi connectivity index (χ1n) is 6.23. The zero-order chi connectivity index (χ0) is 14.5. The molecule has 0 atom stereocenters. The summed E-state index contributed by atoms with van der Waals surface area (Å²) in [6.07, 6.45) is 0. The van der Waals surface area contributed by atoms with Crippen LogP contribution in [0.4, 0.5) is 16.2 Å². The SMILES string of the molecule is Cc1cc(C)cc(NC(=O)Nc2cccc(C#N)c2)c1. The van der Waals surface area contributed by atoms with Gasteiger partial charge < -0.3 is 10.6 Å². The Morgan fingerprint density at radius 2 is 1.65 bits per heavy atom. The zero-order valence-electron chi connectivity index (χ0n) is 11.4. The summed E-state index contributed by atoms with van der Waals surface area (Å²) < 4.78 is 0. The topological polar surface area (TPSA) is 64.9 Å². The van der Waals surface area contributed by atoms with E-state index >= 15 is 0 Å². The molecule has 0 bridgehead atoms. The maximum atomic E-state index is 11.9. The van der Waals surface area contributed by atoms with Crippen molar-refractivity contribution in [1.29, 1.82) is 5.26 Å². The second-order valence-electron chi connectivity index (χ2n) is 4.65. The molecule has 0 fully saturated rings. The second kappa shape index (κ2) is 5.89. The van der Waals surface area contributed by atoms with E-state index in [-0.39, 0.29) is 6.03 Å². The summed E-state index contributed by atoms with van der Waals surface area (Å²) in [5, 5.41) is 14.3. The third kappa shape index (κ3) is 3.59. The minimum atomic E-state index is -0.329. The molecular weight excluding hydrogens is 250 g/mol. The van der Waals surface area contributed by atoms with Gasteiger partial charge in [-0.25, -0.2) is 4.79 Å². The van der Waals surface area contributed by atoms with Gasteiger partial charge >= 0.3 is 6.03 Å². The van der Waals surface area contributed by atoms with Crippen molar-refractivity contribution < 1.29 is 4.79 Å². The van der Waals surface area contributed by atoms with Gasteiger partial charge in [-0.2, -0.15) is 5.26 Å². The third-order valence-corrected chi connectivity index (χ3v) is 2.73. The van der Waals surface area contributed by atoms with E-state index in [0.717, 1.165) is 16.8 Å². The highest BCUT2D eigenvalue weighted by Gasteiger charge is 2.04. The Balaban J connectivity index is 2.07. The van der Waals surface area contributed by atoms with E-state index < -0.39 is 0 Å². The molecule has 2 amide bonds. The number of nitrogens with zero attached hydrogens (tertiary/aromatic N) is 1. The van der Waals surface area contributed by atoms with E-state index in [1.165, 1.54) is 0 Å². The first kappa shape index (κ1) is 13.6. The molecule has 2 N–H and O–H groups in total. The van der Waals surface area contributed by atoms with Crippen LogP contribution in [0.5, 0.6) is 0 Å². The number of carbonyl (C=O) groups excluding carboxylic acids is 1. The molecule has 0 saturated carbocycles. The number of hydrogen-bond acceptors (Lipinski definition) is 2. The van der Waals surface area contributed by atoms with Crippen LogP contribution >= 0.6 is 0 Å². The minimum Gasteiger partial charge on any atom is -0.308 e. The highest BCUT2D eigenvalue weighted by Crippen LogP contribution is 2.15. The number of hydrogen-bond donors (Lipinski definition) is 2. The zero-order valence-corrected chi connectivity index (χ0v) is 11.4. The van der Waals surface area contributed by atoms with E-state index in [9.17, 15) is 4.79 Å². The monoisotopic (exact) mass is 265 g/mol. The third-order valence-electron chi connectivity index (χ3n) is 2.73. The van der Waals surface area contributed by atoms with Crippen LogP contribution in [0.15, 0.2) is 42.5 Å². The van der Waals surface area contributed by atoms with Crippen LogP contribution in [-0.2, 0) is 0 Å². The predicted molar refractivity (Wildman–Crippen MR) is 79.7 cm³/mol. The maximum Gasteiger partial charge on any atom is 0.323 e. The summed E-state index contributed by atoms with van der Waals surface area (Å²) in [4.78, 5) is 11.9. The van der Waals surface area contributed by atoms with Gasteiger partial charge in [-0.05, 0) is 55.3 Å². The van der Waals surface area contributed by atoms with Gasteiger partial charge in [0.2, 0.25) is 0 Å². The molecule has 0 spiro atoms. The Morgan fingerprint density at radius 3 is 2.30 bits per heavy atom. The van der Waals surface area contributed by atoms with Crippen molar-refractivity contribution in [2.75, 3.05) is 10.6 Å². The second-order valence-corrected chi connectivity index (χ2v) is 4.65. The van der Waals surface area contributed by atoms with Crippen molar-refractivity contribution in [2.24, 2.45) is 0 Å². The molecule has 0 aliphatic rings. The lowest BCUT2D eigenvalue weighted by Gasteiger charge is -2.09. The number of nitriles is 1. The van der Waals surface area contributed by atoms with Gasteiger partial charge in [-0.3, -0.25) is 0 Å². The average Bonchev–Trinajstić information content (AvgIpc) is 2.37.